The lowest BCUT2D eigenvalue weighted by Gasteiger charge is -2.00. The standard InChI is InChI=1S/C9H7IN2O/c1-13-9-5-11-7-3-2-6(10)4-8(7)12-9/h2-5H,1H3. The van der Waals surface area contributed by atoms with Crippen molar-refractivity contribution in [2.75, 3.05) is 7.11 Å². The third-order valence-corrected chi connectivity index (χ3v) is 2.36. The van der Waals surface area contributed by atoms with Crippen molar-refractivity contribution in [3.05, 3.63) is 28.0 Å². The van der Waals surface area contributed by atoms with Gasteiger partial charge >= 0.3 is 0 Å². The van der Waals surface area contributed by atoms with Crippen molar-refractivity contribution in [1.82, 2.24) is 9.97 Å². The average molecular weight is 286 g/mol. The van der Waals surface area contributed by atoms with Crippen LogP contribution in [0.1, 0.15) is 0 Å². The average Bonchev–Trinajstić information content (AvgIpc) is 2.16. The molecule has 4 heteroatoms. The van der Waals surface area contributed by atoms with Crippen molar-refractivity contribution in [1.29, 1.82) is 0 Å². The van der Waals surface area contributed by atoms with E-state index < -0.39 is 0 Å². The fourth-order valence-corrected chi connectivity index (χ4v) is 1.54. The number of rotatable bonds is 1. The molecule has 66 valence electrons. The first-order valence-electron chi connectivity index (χ1n) is 3.76. The largest absolute Gasteiger partial charge is 0.480 e. The Labute approximate surface area is 89.3 Å². The Kier molecular flexibility index (Phi) is 2.30. The molecule has 0 bridgehead atoms. The molecule has 0 unspecified atom stereocenters. The molecule has 1 heterocycles. The number of methoxy groups -OCH3 is 1. The van der Waals surface area contributed by atoms with Crippen molar-refractivity contribution in [3.63, 3.8) is 0 Å². The zero-order valence-electron chi connectivity index (χ0n) is 6.99. The Morgan fingerprint density at radius 1 is 1.31 bits per heavy atom. The van der Waals surface area contributed by atoms with Crippen LogP contribution in [0.15, 0.2) is 24.4 Å². The predicted molar refractivity (Wildman–Crippen MR) is 58.8 cm³/mol. The fourth-order valence-electron chi connectivity index (χ4n) is 1.07. The van der Waals surface area contributed by atoms with Gasteiger partial charge in [0.15, 0.2) is 0 Å². The summed E-state index contributed by atoms with van der Waals surface area (Å²) in [6, 6.07) is 5.93. The summed E-state index contributed by atoms with van der Waals surface area (Å²) in [5, 5.41) is 0. The van der Waals surface area contributed by atoms with Crippen LogP contribution in [-0.4, -0.2) is 17.1 Å². The Balaban J connectivity index is 2.68. The van der Waals surface area contributed by atoms with E-state index in [1.165, 1.54) is 0 Å². The molecule has 0 aliphatic carbocycles. The van der Waals surface area contributed by atoms with Gasteiger partial charge in [0.05, 0.1) is 24.3 Å². The van der Waals surface area contributed by atoms with Crippen LogP contribution in [0.5, 0.6) is 5.88 Å². The molecule has 0 radical (unpaired) electrons. The van der Waals surface area contributed by atoms with Crippen LogP contribution in [-0.2, 0) is 0 Å². The number of benzene rings is 1. The monoisotopic (exact) mass is 286 g/mol. The van der Waals surface area contributed by atoms with Crippen molar-refractivity contribution < 1.29 is 4.74 Å². The van der Waals surface area contributed by atoms with Gasteiger partial charge < -0.3 is 4.74 Å². The topological polar surface area (TPSA) is 35.0 Å². The highest BCUT2D eigenvalue weighted by Gasteiger charge is 1.99. The second-order valence-corrected chi connectivity index (χ2v) is 3.79. The maximum absolute atomic E-state index is 4.99. The Hall–Kier alpha value is -0.910. The summed E-state index contributed by atoms with van der Waals surface area (Å²) in [6.45, 7) is 0. The lowest BCUT2D eigenvalue weighted by molar-refractivity contribution is 0.397. The predicted octanol–water partition coefficient (Wildman–Crippen LogP) is 2.24. The van der Waals surface area contributed by atoms with Crippen LogP contribution in [0.2, 0.25) is 0 Å². The van der Waals surface area contributed by atoms with Crippen molar-refractivity contribution >= 4 is 33.6 Å². The minimum absolute atomic E-state index is 0.550. The highest BCUT2D eigenvalue weighted by atomic mass is 127. The number of ether oxygens (including phenoxy) is 1. The molecule has 0 fully saturated rings. The van der Waals surface area contributed by atoms with Gasteiger partial charge in [-0.2, -0.15) is 0 Å². The molecule has 0 atom stereocenters. The first-order chi connectivity index (χ1) is 6.29. The molecule has 1 aromatic heterocycles. The molecule has 13 heavy (non-hydrogen) atoms. The van der Waals surface area contributed by atoms with E-state index in [0.29, 0.717) is 5.88 Å². The molecule has 2 rings (SSSR count). The zero-order chi connectivity index (χ0) is 9.26. The van der Waals surface area contributed by atoms with E-state index in [1.807, 2.05) is 18.2 Å². The SMILES string of the molecule is COc1cnc2ccc(I)cc2n1. The second-order valence-electron chi connectivity index (χ2n) is 2.55. The summed E-state index contributed by atoms with van der Waals surface area (Å²) < 4.78 is 6.13. The summed E-state index contributed by atoms with van der Waals surface area (Å²) in [5.74, 6) is 0.550. The van der Waals surface area contributed by atoms with E-state index in [1.54, 1.807) is 13.3 Å². The van der Waals surface area contributed by atoms with Crippen molar-refractivity contribution in [2.24, 2.45) is 0 Å². The van der Waals surface area contributed by atoms with Crippen LogP contribution in [0.3, 0.4) is 0 Å². The number of hydrogen-bond donors (Lipinski definition) is 0. The lowest BCUT2D eigenvalue weighted by atomic mass is 10.3. The maximum Gasteiger partial charge on any atom is 0.232 e. The van der Waals surface area contributed by atoms with Crippen LogP contribution in [0.4, 0.5) is 0 Å². The Morgan fingerprint density at radius 3 is 2.92 bits per heavy atom. The summed E-state index contributed by atoms with van der Waals surface area (Å²) in [6.07, 6.45) is 1.62. The molecule has 0 spiro atoms. The molecule has 0 N–H and O–H groups in total. The van der Waals surface area contributed by atoms with Gasteiger partial charge in [-0.25, -0.2) is 9.97 Å². The minimum Gasteiger partial charge on any atom is -0.480 e. The highest BCUT2D eigenvalue weighted by molar-refractivity contribution is 14.1. The molecular weight excluding hydrogens is 279 g/mol. The molecular formula is C9H7IN2O. The summed E-state index contributed by atoms with van der Waals surface area (Å²) in [4.78, 5) is 8.47. The quantitative estimate of drug-likeness (QED) is 0.754. The maximum atomic E-state index is 4.99. The highest BCUT2D eigenvalue weighted by Crippen LogP contribution is 2.15. The molecule has 0 aliphatic heterocycles. The van der Waals surface area contributed by atoms with E-state index in [-0.39, 0.29) is 0 Å². The number of nitrogens with zero attached hydrogens (tertiary/aromatic N) is 2. The van der Waals surface area contributed by atoms with Gasteiger partial charge in [-0.1, -0.05) is 0 Å². The fraction of sp³-hybridized carbons (Fsp3) is 0.111. The smallest absolute Gasteiger partial charge is 0.232 e. The number of fused-ring (bicyclic) bond motifs is 1. The Bertz CT molecular complexity index is 445. The van der Waals surface area contributed by atoms with Gasteiger partial charge in [-0.3, -0.25) is 0 Å². The summed E-state index contributed by atoms with van der Waals surface area (Å²) in [7, 11) is 1.59. The van der Waals surface area contributed by atoms with E-state index in [2.05, 4.69) is 32.6 Å². The Morgan fingerprint density at radius 2 is 2.15 bits per heavy atom. The van der Waals surface area contributed by atoms with Crippen LogP contribution >= 0.6 is 22.6 Å². The molecule has 0 saturated heterocycles. The van der Waals surface area contributed by atoms with Gasteiger partial charge in [0.2, 0.25) is 5.88 Å². The van der Waals surface area contributed by atoms with E-state index in [9.17, 15) is 0 Å². The van der Waals surface area contributed by atoms with Crippen molar-refractivity contribution in [3.8, 4) is 5.88 Å². The number of aromatic nitrogens is 2. The van der Waals surface area contributed by atoms with Gasteiger partial charge in [0.1, 0.15) is 0 Å². The normalized spacial score (nSPS) is 10.3. The van der Waals surface area contributed by atoms with Crippen LogP contribution < -0.4 is 4.74 Å². The van der Waals surface area contributed by atoms with Gasteiger partial charge in [-0.05, 0) is 40.8 Å². The number of halogens is 1. The molecule has 0 saturated carbocycles. The van der Waals surface area contributed by atoms with Gasteiger partial charge in [-0.15, -0.1) is 0 Å². The van der Waals surface area contributed by atoms with Gasteiger partial charge in [0, 0.05) is 3.57 Å². The molecule has 1 aromatic carbocycles. The minimum atomic E-state index is 0.550. The summed E-state index contributed by atoms with van der Waals surface area (Å²) in [5.41, 5.74) is 1.76. The third-order valence-electron chi connectivity index (χ3n) is 1.69. The van der Waals surface area contributed by atoms with E-state index >= 15 is 0 Å². The first kappa shape index (κ1) is 8.68. The number of hydrogen-bond acceptors (Lipinski definition) is 3. The molecule has 2 aromatic rings. The van der Waals surface area contributed by atoms with E-state index in [4.69, 9.17) is 4.74 Å². The lowest BCUT2D eigenvalue weighted by Crippen LogP contribution is -1.90. The van der Waals surface area contributed by atoms with Crippen LogP contribution in [0.25, 0.3) is 11.0 Å². The van der Waals surface area contributed by atoms with Crippen LogP contribution in [0, 0.1) is 3.57 Å². The zero-order valence-corrected chi connectivity index (χ0v) is 9.15. The molecule has 3 nitrogen and oxygen atoms in total. The third kappa shape index (κ3) is 1.72. The summed E-state index contributed by atoms with van der Waals surface area (Å²) >= 11 is 2.24. The first-order valence-corrected chi connectivity index (χ1v) is 4.84. The van der Waals surface area contributed by atoms with Crippen molar-refractivity contribution in [2.45, 2.75) is 0 Å². The van der Waals surface area contributed by atoms with E-state index in [0.717, 1.165) is 14.6 Å². The molecule has 0 amide bonds. The van der Waals surface area contributed by atoms with Gasteiger partial charge in [0.25, 0.3) is 0 Å². The second kappa shape index (κ2) is 3.45. The molecule has 0 aliphatic rings.